The molecule has 0 saturated heterocycles. The third-order valence-electron chi connectivity index (χ3n) is 2.69. The molecule has 76 valence electrons. The first kappa shape index (κ1) is 9.24. The molecule has 0 bridgehead atoms. The number of hydrogen-bond acceptors (Lipinski definition) is 4. The summed E-state index contributed by atoms with van der Waals surface area (Å²) in [6, 6.07) is 0.543. The number of rotatable bonds is 2. The monoisotopic (exact) mass is 192 g/mol. The van der Waals surface area contributed by atoms with Crippen molar-refractivity contribution < 1.29 is 0 Å². The lowest BCUT2D eigenvalue weighted by Crippen LogP contribution is -2.23. The van der Waals surface area contributed by atoms with Gasteiger partial charge in [0.05, 0.1) is 11.9 Å². The molecule has 1 heterocycles. The summed E-state index contributed by atoms with van der Waals surface area (Å²) in [7, 11) is 0. The molecule has 14 heavy (non-hydrogen) atoms. The maximum Gasteiger partial charge on any atom is 0.152 e. The van der Waals surface area contributed by atoms with E-state index in [1.165, 1.54) is 38.4 Å². The highest BCUT2D eigenvalue weighted by Crippen LogP contribution is 2.22. The molecule has 0 unspecified atom stereocenters. The third-order valence-corrected chi connectivity index (χ3v) is 2.69. The Balaban J connectivity index is 1.99. The van der Waals surface area contributed by atoms with Gasteiger partial charge in [-0.15, -0.1) is 0 Å². The molecular weight excluding hydrogens is 176 g/mol. The lowest BCUT2D eigenvalue weighted by molar-refractivity contribution is 0.462. The maximum atomic E-state index is 5.75. The van der Waals surface area contributed by atoms with Gasteiger partial charge in [0, 0.05) is 6.04 Å². The minimum absolute atomic E-state index is 0.543. The Kier molecular flexibility index (Phi) is 2.81. The van der Waals surface area contributed by atoms with Gasteiger partial charge < -0.3 is 11.1 Å². The molecule has 3 N–H and O–H groups in total. The molecule has 4 heteroatoms. The Labute approximate surface area is 83.9 Å². The average molecular weight is 192 g/mol. The molecule has 1 aliphatic rings. The van der Waals surface area contributed by atoms with E-state index in [1.807, 2.05) is 0 Å². The average Bonchev–Trinajstić information content (AvgIpc) is 2.23. The minimum atomic E-state index is 0.543. The van der Waals surface area contributed by atoms with Gasteiger partial charge in [-0.3, -0.25) is 0 Å². The Morgan fingerprint density at radius 2 is 2.07 bits per heavy atom. The first-order valence-electron chi connectivity index (χ1n) is 5.18. The Morgan fingerprint density at radius 1 is 1.29 bits per heavy atom. The molecule has 4 nitrogen and oxygen atoms in total. The number of nitrogens with zero attached hydrogens (tertiary/aromatic N) is 2. The Bertz CT molecular complexity index is 294. The largest absolute Gasteiger partial charge is 0.394 e. The molecule has 1 saturated carbocycles. The van der Waals surface area contributed by atoms with Gasteiger partial charge in [-0.05, 0) is 12.8 Å². The highest BCUT2D eigenvalue weighted by atomic mass is 15.1. The summed E-state index contributed by atoms with van der Waals surface area (Å²) in [6.07, 6.45) is 9.59. The van der Waals surface area contributed by atoms with Crippen molar-refractivity contribution in [1.82, 2.24) is 9.97 Å². The minimum Gasteiger partial charge on any atom is -0.394 e. The topological polar surface area (TPSA) is 63.8 Å². The molecule has 1 fully saturated rings. The van der Waals surface area contributed by atoms with Crippen LogP contribution in [0.4, 0.5) is 11.5 Å². The van der Waals surface area contributed by atoms with E-state index in [1.54, 1.807) is 6.20 Å². The predicted molar refractivity (Wildman–Crippen MR) is 56.9 cm³/mol. The van der Waals surface area contributed by atoms with Gasteiger partial charge in [0.25, 0.3) is 0 Å². The lowest BCUT2D eigenvalue weighted by atomic mass is 9.95. The lowest BCUT2D eigenvalue weighted by Gasteiger charge is -2.23. The first-order chi connectivity index (χ1) is 6.86. The molecule has 0 spiro atoms. The molecule has 0 atom stereocenters. The van der Waals surface area contributed by atoms with Crippen LogP contribution in [0.25, 0.3) is 0 Å². The second kappa shape index (κ2) is 4.26. The number of aromatic nitrogens is 2. The van der Waals surface area contributed by atoms with E-state index in [-0.39, 0.29) is 0 Å². The predicted octanol–water partition coefficient (Wildman–Crippen LogP) is 1.80. The Hall–Kier alpha value is -1.32. The van der Waals surface area contributed by atoms with Gasteiger partial charge in [0.2, 0.25) is 0 Å². The van der Waals surface area contributed by atoms with Crippen molar-refractivity contribution in [3.8, 4) is 0 Å². The maximum absolute atomic E-state index is 5.75. The van der Waals surface area contributed by atoms with Crippen molar-refractivity contribution in [2.45, 2.75) is 38.1 Å². The summed E-state index contributed by atoms with van der Waals surface area (Å²) < 4.78 is 0. The SMILES string of the molecule is Nc1cncnc1NC1CCCCC1. The summed E-state index contributed by atoms with van der Waals surface area (Å²) in [5, 5.41) is 3.37. The fraction of sp³-hybridized carbons (Fsp3) is 0.600. The molecule has 1 aromatic rings. The van der Waals surface area contributed by atoms with Gasteiger partial charge in [0.15, 0.2) is 5.82 Å². The fourth-order valence-electron chi connectivity index (χ4n) is 1.90. The van der Waals surface area contributed by atoms with Crippen molar-refractivity contribution in [3.05, 3.63) is 12.5 Å². The van der Waals surface area contributed by atoms with E-state index >= 15 is 0 Å². The van der Waals surface area contributed by atoms with Gasteiger partial charge in [0.1, 0.15) is 6.33 Å². The number of nitrogen functional groups attached to an aromatic ring is 1. The van der Waals surface area contributed by atoms with Crippen LogP contribution < -0.4 is 11.1 Å². The molecule has 0 amide bonds. The van der Waals surface area contributed by atoms with Crippen LogP contribution in [0.1, 0.15) is 32.1 Å². The van der Waals surface area contributed by atoms with Crippen molar-refractivity contribution in [1.29, 1.82) is 0 Å². The summed E-state index contributed by atoms with van der Waals surface area (Å²) >= 11 is 0. The second-order valence-electron chi connectivity index (χ2n) is 3.81. The van der Waals surface area contributed by atoms with Gasteiger partial charge in [-0.1, -0.05) is 19.3 Å². The van der Waals surface area contributed by atoms with E-state index in [2.05, 4.69) is 15.3 Å². The zero-order chi connectivity index (χ0) is 9.80. The highest BCUT2D eigenvalue weighted by Gasteiger charge is 2.14. The van der Waals surface area contributed by atoms with E-state index in [4.69, 9.17) is 5.73 Å². The quantitative estimate of drug-likeness (QED) is 0.750. The van der Waals surface area contributed by atoms with E-state index in [9.17, 15) is 0 Å². The van der Waals surface area contributed by atoms with E-state index < -0.39 is 0 Å². The number of anilines is 2. The van der Waals surface area contributed by atoms with E-state index in [0.29, 0.717) is 11.7 Å². The summed E-state index contributed by atoms with van der Waals surface area (Å²) in [5.74, 6) is 0.784. The van der Waals surface area contributed by atoms with Crippen LogP contribution in [0.3, 0.4) is 0 Å². The molecule has 0 radical (unpaired) electrons. The number of nitrogens with one attached hydrogen (secondary N) is 1. The zero-order valence-corrected chi connectivity index (χ0v) is 8.24. The van der Waals surface area contributed by atoms with Crippen molar-refractivity contribution in [2.75, 3.05) is 11.1 Å². The Morgan fingerprint density at radius 3 is 2.79 bits per heavy atom. The summed E-state index contributed by atoms with van der Waals surface area (Å²) in [4.78, 5) is 7.99. The molecule has 0 aromatic carbocycles. The second-order valence-corrected chi connectivity index (χ2v) is 3.81. The molecule has 2 rings (SSSR count). The normalized spacial score (nSPS) is 18.0. The van der Waals surface area contributed by atoms with Gasteiger partial charge >= 0.3 is 0 Å². The molecular formula is C10H16N4. The van der Waals surface area contributed by atoms with Gasteiger partial charge in [-0.25, -0.2) is 9.97 Å². The summed E-state index contributed by atoms with van der Waals surface area (Å²) in [6.45, 7) is 0. The third kappa shape index (κ3) is 2.13. The van der Waals surface area contributed by atoms with Gasteiger partial charge in [-0.2, -0.15) is 0 Å². The van der Waals surface area contributed by atoms with Crippen LogP contribution in [0.5, 0.6) is 0 Å². The first-order valence-corrected chi connectivity index (χ1v) is 5.18. The number of nitrogens with two attached hydrogens (primary N) is 1. The molecule has 0 aliphatic heterocycles. The van der Waals surface area contributed by atoms with Crippen molar-refractivity contribution in [2.24, 2.45) is 0 Å². The highest BCUT2D eigenvalue weighted by molar-refractivity contribution is 5.59. The zero-order valence-electron chi connectivity index (χ0n) is 8.24. The van der Waals surface area contributed by atoms with E-state index in [0.717, 1.165) is 5.82 Å². The molecule has 1 aliphatic carbocycles. The van der Waals surface area contributed by atoms with Crippen LogP contribution in [0.15, 0.2) is 12.5 Å². The van der Waals surface area contributed by atoms with Crippen LogP contribution >= 0.6 is 0 Å². The van der Waals surface area contributed by atoms with Crippen LogP contribution in [-0.2, 0) is 0 Å². The van der Waals surface area contributed by atoms with Crippen LogP contribution in [0.2, 0.25) is 0 Å². The number of hydrogen-bond donors (Lipinski definition) is 2. The van der Waals surface area contributed by atoms with Crippen molar-refractivity contribution >= 4 is 11.5 Å². The van der Waals surface area contributed by atoms with Crippen molar-refractivity contribution in [3.63, 3.8) is 0 Å². The fourth-order valence-corrected chi connectivity index (χ4v) is 1.90. The smallest absolute Gasteiger partial charge is 0.152 e. The van der Waals surface area contributed by atoms with Crippen LogP contribution in [0, 0.1) is 0 Å². The standard InChI is InChI=1S/C10H16N4/c11-9-6-12-7-13-10(9)14-8-4-2-1-3-5-8/h6-8H,1-5,11H2,(H,12,13,14). The molecule has 1 aromatic heterocycles. The summed E-state index contributed by atoms with van der Waals surface area (Å²) in [5.41, 5.74) is 6.39. The van der Waals surface area contributed by atoms with Crippen LogP contribution in [-0.4, -0.2) is 16.0 Å².